The second kappa shape index (κ2) is 7.08. The van der Waals surface area contributed by atoms with Gasteiger partial charge in [0.05, 0.1) is 13.0 Å². The first-order chi connectivity index (χ1) is 10.1. The predicted octanol–water partition coefficient (Wildman–Crippen LogP) is 0.375. The van der Waals surface area contributed by atoms with Crippen LogP contribution < -0.4 is 15.8 Å². The van der Waals surface area contributed by atoms with E-state index in [1.165, 1.54) is 0 Å². The Morgan fingerprint density at radius 2 is 2.10 bits per heavy atom. The molecule has 6 heteroatoms. The second-order valence-electron chi connectivity index (χ2n) is 5.14. The number of carbonyl (C=O) groups is 2. The summed E-state index contributed by atoms with van der Waals surface area (Å²) in [6.45, 7) is 2.14. The lowest BCUT2D eigenvalue weighted by molar-refractivity contribution is -0.132. The standard InChI is InChI=1S/C15H21N3O3/c1-18(12-6-8-17-10-12)14(19)7-9-21-13-4-2-11(3-5-13)15(16)20/h2-5,12,17H,6-10H2,1H3,(H2,16,20). The van der Waals surface area contributed by atoms with Crippen molar-refractivity contribution in [2.75, 3.05) is 26.7 Å². The number of carbonyl (C=O) groups excluding carboxylic acids is 2. The van der Waals surface area contributed by atoms with Crippen LogP contribution in [0.2, 0.25) is 0 Å². The Bertz CT molecular complexity index is 495. The summed E-state index contributed by atoms with van der Waals surface area (Å²) in [7, 11) is 1.83. The average molecular weight is 291 g/mol. The largest absolute Gasteiger partial charge is 0.493 e. The number of nitrogens with zero attached hydrogens (tertiary/aromatic N) is 1. The fourth-order valence-electron chi connectivity index (χ4n) is 2.32. The first-order valence-electron chi connectivity index (χ1n) is 7.07. The van der Waals surface area contributed by atoms with E-state index < -0.39 is 5.91 Å². The molecule has 6 nitrogen and oxygen atoms in total. The van der Waals surface area contributed by atoms with Crippen molar-refractivity contribution in [1.29, 1.82) is 0 Å². The minimum absolute atomic E-state index is 0.0810. The Hall–Kier alpha value is -2.08. The van der Waals surface area contributed by atoms with Crippen LogP contribution in [0.3, 0.4) is 0 Å². The molecular weight excluding hydrogens is 270 g/mol. The van der Waals surface area contributed by atoms with Gasteiger partial charge in [-0.2, -0.15) is 0 Å². The fraction of sp³-hybridized carbons (Fsp3) is 0.467. The van der Waals surface area contributed by atoms with Crippen LogP contribution in [0.15, 0.2) is 24.3 Å². The van der Waals surface area contributed by atoms with Crippen molar-refractivity contribution in [3.05, 3.63) is 29.8 Å². The molecule has 2 amide bonds. The number of hydrogen-bond acceptors (Lipinski definition) is 4. The van der Waals surface area contributed by atoms with E-state index in [4.69, 9.17) is 10.5 Å². The van der Waals surface area contributed by atoms with Crippen LogP contribution in [-0.4, -0.2) is 49.5 Å². The highest BCUT2D eigenvalue weighted by Crippen LogP contribution is 2.13. The van der Waals surface area contributed by atoms with E-state index in [0.29, 0.717) is 24.3 Å². The van der Waals surface area contributed by atoms with Crippen molar-refractivity contribution in [2.24, 2.45) is 5.73 Å². The summed E-state index contributed by atoms with van der Waals surface area (Å²) in [5, 5.41) is 3.24. The fourth-order valence-corrected chi connectivity index (χ4v) is 2.32. The van der Waals surface area contributed by atoms with Gasteiger partial charge in [-0.25, -0.2) is 0 Å². The Labute approximate surface area is 124 Å². The van der Waals surface area contributed by atoms with Crippen molar-refractivity contribution in [1.82, 2.24) is 10.2 Å². The molecule has 0 radical (unpaired) electrons. The Balaban J connectivity index is 1.75. The Morgan fingerprint density at radius 3 is 2.67 bits per heavy atom. The molecule has 1 aromatic carbocycles. The molecule has 1 saturated heterocycles. The van der Waals surface area contributed by atoms with Crippen LogP contribution in [0.4, 0.5) is 0 Å². The third kappa shape index (κ3) is 4.19. The van der Waals surface area contributed by atoms with Gasteiger partial charge in [0.2, 0.25) is 11.8 Å². The molecule has 1 fully saturated rings. The van der Waals surface area contributed by atoms with Gasteiger partial charge < -0.3 is 20.7 Å². The van der Waals surface area contributed by atoms with Crippen LogP contribution >= 0.6 is 0 Å². The summed E-state index contributed by atoms with van der Waals surface area (Å²) >= 11 is 0. The molecule has 1 heterocycles. The van der Waals surface area contributed by atoms with Crippen LogP contribution in [0.5, 0.6) is 5.75 Å². The molecule has 1 aromatic rings. The molecular formula is C15H21N3O3. The normalized spacial score (nSPS) is 17.5. The highest BCUT2D eigenvalue weighted by molar-refractivity contribution is 5.92. The van der Waals surface area contributed by atoms with Crippen LogP contribution in [-0.2, 0) is 4.79 Å². The molecule has 3 N–H and O–H groups in total. The lowest BCUT2D eigenvalue weighted by Crippen LogP contribution is -2.38. The van der Waals surface area contributed by atoms with E-state index in [-0.39, 0.29) is 11.9 Å². The topological polar surface area (TPSA) is 84.7 Å². The minimum atomic E-state index is -0.469. The molecule has 0 spiro atoms. The molecule has 0 saturated carbocycles. The van der Waals surface area contributed by atoms with Gasteiger partial charge in [-0.15, -0.1) is 0 Å². The summed E-state index contributed by atoms with van der Waals surface area (Å²) in [4.78, 5) is 24.8. The number of likely N-dealkylation sites (N-methyl/N-ethyl adjacent to an activating group) is 1. The number of ether oxygens (including phenoxy) is 1. The Morgan fingerprint density at radius 1 is 1.38 bits per heavy atom. The monoisotopic (exact) mass is 291 g/mol. The molecule has 21 heavy (non-hydrogen) atoms. The number of hydrogen-bond donors (Lipinski definition) is 2. The number of benzene rings is 1. The van der Waals surface area contributed by atoms with Crippen LogP contribution in [0, 0.1) is 0 Å². The molecule has 0 aromatic heterocycles. The molecule has 0 bridgehead atoms. The van der Waals surface area contributed by atoms with Gasteiger partial charge in [0, 0.05) is 25.2 Å². The van der Waals surface area contributed by atoms with Gasteiger partial charge >= 0.3 is 0 Å². The predicted molar refractivity (Wildman–Crippen MR) is 79.1 cm³/mol. The SMILES string of the molecule is CN(C(=O)CCOc1ccc(C(N)=O)cc1)C1CCNC1. The van der Waals surface area contributed by atoms with Gasteiger partial charge in [-0.3, -0.25) is 9.59 Å². The number of primary amides is 1. The summed E-state index contributed by atoms with van der Waals surface area (Å²) < 4.78 is 5.51. The third-order valence-corrected chi connectivity index (χ3v) is 3.70. The van der Waals surface area contributed by atoms with Gasteiger partial charge in [0.25, 0.3) is 0 Å². The van der Waals surface area contributed by atoms with Crippen molar-refractivity contribution in [2.45, 2.75) is 18.9 Å². The maximum atomic E-state index is 12.0. The van der Waals surface area contributed by atoms with E-state index in [9.17, 15) is 9.59 Å². The van der Waals surface area contributed by atoms with Crippen molar-refractivity contribution in [3.8, 4) is 5.75 Å². The van der Waals surface area contributed by atoms with Crippen LogP contribution in [0.25, 0.3) is 0 Å². The maximum absolute atomic E-state index is 12.0. The number of amides is 2. The molecule has 1 unspecified atom stereocenters. The zero-order valence-corrected chi connectivity index (χ0v) is 12.2. The summed E-state index contributed by atoms with van der Waals surface area (Å²) in [5.41, 5.74) is 5.60. The molecule has 1 atom stereocenters. The molecule has 114 valence electrons. The number of rotatable bonds is 6. The zero-order chi connectivity index (χ0) is 15.2. The van der Waals surface area contributed by atoms with E-state index in [1.807, 2.05) is 7.05 Å². The number of nitrogens with one attached hydrogen (secondary N) is 1. The van der Waals surface area contributed by atoms with E-state index in [1.54, 1.807) is 29.2 Å². The first-order valence-corrected chi connectivity index (χ1v) is 7.07. The van der Waals surface area contributed by atoms with Gasteiger partial charge in [0.1, 0.15) is 5.75 Å². The van der Waals surface area contributed by atoms with Crippen molar-refractivity contribution >= 4 is 11.8 Å². The van der Waals surface area contributed by atoms with E-state index >= 15 is 0 Å². The molecule has 1 aliphatic heterocycles. The number of nitrogens with two attached hydrogens (primary N) is 1. The summed E-state index contributed by atoms with van der Waals surface area (Å²) in [5.74, 6) is 0.235. The minimum Gasteiger partial charge on any atom is -0.493 e. The third-order valence-electron chi connectivity index (χ3n) is 3.70. The van der Waals surface area contributed by atoms with E-state index in [2.05, 4.69) is 5.32 Å². The second-order valence-corrected chi connectivity index (χ2v) is 5.14. The Kier molecular flexibility index (Phi) is 5.16. The van der Waals surface area contributed by atoms with Gasteiger partial charge in [-0.05, 0) is 37.2 Å². The summed E-state index contributed by atoms with van der Waals surface area (Å²) in [6, 6.07) is 6.85. The highest BCUT2D eigenvalue weighted by atomic mass is 16.5. The smallest absolute Gasteiger partial charge is 0.248 e. The lowest BCUT2D eigenvalue weighted by Gasteiger charge is -2.23. The van der Waals surface area contributed by atoms with Gasteiger partial charge in [0.15, 0.2) is 0 Å². The van der Waals surface area contributed by atoms with Crippen molar-refractivity contribution in [3.63, 3.8) is 0 Å². The first kappa shape index (κ1) is 15.3. The quantitative estimate of drug-likeness (QED) is 0.793. The molecule has 0 aliphatic carbocycles. The zero-order valence-electron chi connectivity index (χ0n) is 12.2. The van der Waals surface area contributed by atoms with Crippen LogP contribution in [0.1, 0.15) is 23.2 Å². The molecule has 1 aliphatic rings. The summed E-state index contributed by atoms with van der Waals surface area (Å²) in [6.07, 6.45) is 1.34. The molecule has 2 rings (SSSR count). The maximum Gasteiger partial charge on any atom is 0.248 e. The van der Waals surface area contributed by atoms with Crippen molar-refractivity contribution < 1.29 is 14.3 Å². The lowest BCUT2D eigenvalue weighted by atomic mass is 10.2. The van der Waals surface area contributed by atoms with Gasteiger partial charge in [-0.1, -0.05) is 0 Å². The average Bonchev–Trinajstić information content (AvgIpc) is 3.01. The van der Waals surface area contributed by atoms with E-state index in [0.717, 1.165) is 19.5 Å². The highest BCUT2D eigenvalue weighted by Gasteiger charge is 2.22.